The molecule has 1 fully saturated rings. The van der Waals surface area contributed by atoms with Gasteiger partial charge in [-0.2, -0.15) is 0 Å². The molecule has 12 heavy (non-hydrogen) atoms. The largest absolute Gasteiger partial charge is 0.382 e. The predicted molar refractivity (Wildman–Crippen MR) is 46.0 cm³/mol. The monoisotopic (exact) mass is 174 g/mol. The molecule has 0 aromatic rings. The van der Waals surface area contributed by atoms with Crippen LogP contribution in [-0.4, -0.2) is 33.2 Å². The quantitative estimate of drug-likeness (QED) is 0.603. The van der Waals surface area contributed by atoms with Crippen molar-refractivity contribution in [3.05, 3.63) is 0 Å². The molecule has 0 amide bonds. The van der Waals surface area contributed by atoms with Gasteiger partial charge in [-0.3, -0.25) is 0 Å². The van der Waals surface area contributed by atoms with Gasteiger partial charge in [-0.25, -0.2) is 0 Å². The van der Waals surface area contributed by atoms with Gasteiger partial charge in [0.15, 0.2) is 6.29 Å². The maximum absolute atomic E-state index is 5.45. The fraction of sp³-hybridized carbons (Fsp3) is 1.00. The molecule has 2 unspecified atom stereocenters. The molecule has 0 aromatic heterocycles. The minimum atomic E-state index is 0.00361. The molecule has 0 spiro atoms. The summed E-state index contributed by atoms with van der Waals surface area (Å²) in [6.07, 6.45) is 2.18. The summed E-state index contributed by atoms with van der Waals surface area (Å²) in [4.78, 5) is 0. The topological polar surface area (TPSA) is 27.7 Å². The normalized spacial score (nSPS) is 30.5. The lowest BCUT2D eigenvalue weighted by atomic mass is 10.0. The van der Waals surface area contributed by atoms with E-state index in [1.165, 1.54) is 0 Å². The Labute approximate surface area is 74.0 Å². The molecule has 0 radical (unpaired) electrons. The number of ether oxygens (including phenoxy) is 3. The summed E-state index contributed by atoms with van der Waals surface area (Å²) in [6.45, 7) is 4.34. The third-order valence-corrected chi connectivity index (χ3v) is 2.10. The first-order valence-electron chi connectivity index (χ1n) is 4.55. The summed E-state index contributed by atoms with van der Waals surface area (Å²) in [7, 11) is 1.67. The zero-order valence-electron chi connectivity index (χ0n) is 7.91. The summed E-state index contributed by atoms with van der Waals surface area (Å²) in [6, 6.07) is 0. The smallest absolute Gasteiger partial charge is 0.157 e. The van der Waals surface area contributed by atoms with E-state index in [4.69, 9.17) is 14.2 Å². The highest BCUT2D eigenvalue weighted by Crippen LogP contribution is 2.19. The van der Waals surface area contributed by atoms with E-state index < -0.39 is 0 Å². The average molecular weight is 174 g/mol. The van der Waals surface area contributed by atoms with Crippen LogP contribution in [0.25, 0.3) is 0 Å². The van der Waals surface area contributed by atoms with Gasteiger partial charge >= 0.3 is 0 Å². The third-order valence-electron chi connectivity index (χ3n) is 2.10. The molecular formula is C9H18O3. The molecule has 2 atom stereocenters. The van der Waals surface area contributed by atoms with E-state index >= 15 is 0 Å². The summed E-state index contributed by atoms with van der Waals surface area (Å²) < 4.78 is 15.7. The Balaban J connectivity index is 2.06. The first-order valence-corrected chi connectivity index (χ1v) is 4.55. The van der Waals surface area contributed by atoms with Crippen molar-refractivity contribution in [3.63, 3.8) is 0 Å². The van der Waals surface area contributed by atoms with E-state index in [9.17, 15) is 0 Å². The van der Waals surface area contributed by atoms with Crippen LogP contribution in [0.1, 0.15) is 19.8 Å². The molecule has 1 saturated heterocycles. The second-order valence-corrected chi connectivity index (χ2v) is 3.29. The van der Waals surface area contributed by atoms with Gasteiger partial charge in [0, 0.05) is 20.1 Å². The Bertz CT molecular complexity index is 116. The third kappa shape index (κ3) is 3.52. The van der Waals surface area contributed by atoms with Crippen LogP contribution < -0.4 is 0 Å². The van der Waals surface area contributed by atoms with Gasteiger partial charge < -0.3 is 14.2 Å². The molecule has 0 bridgehead atoms. The summed E-state index contributed by atoms with van der Waals surface area (Å²) in [5, 5.41) is 0. The van der Waals surface area contributed by atoms with Crippen LogP contribution in [0.4, 0.5) is 0 Å². The highest BCUT2D eigenvalue weighted by atomic mass is 16.7. The predicted octanol–water partition coefficient (Wildman–Crippen LogP) is 1.42. The van der Waals surface area contributed by atoms with Gasteiger partial charge in [-0.1, -0.05) is 6.92 Å². The van der Waals surface area contributed by atoms with Gasteiger partial charge in [0.1, 0.15) is 0 Å². The van der Waals surface area contributed by atoms with Gasteiger partial charge in [-0.15, -0.1) is 0 Å². The standard InChI is InChI=1S/C9H18O3/c1-8-3-4-11-9(7-8)12-6-5-10-2/h8-9H,3-7H2,1-2H3. The highest BCUT2D eigenvalue weighted by molar-refractivity contribution is 4.61. The molecule has 0 saturated carbocycles. The van der Waals surface area contributed by atoms with Gasteiger partial charge in [0.25, 0.3) is 0 Å². The van der Waals surface area contributed by atoms with Crippen LogP contribution >= 0.6 is 0 Å². The van der Waals surface area contributed by atoms with Crippen molar-refractivity contribution < 1.29 is 14.2 Å². The van der Waals surface area contributed by atoms with Crippen LogP contribution in [-0.2, 0) is 14.2 Å². The Morgan fingerprint density at radius 2 is 2.25 bits per heavy atom. The van der Waals surface area contributed by atoms with E-state index in [-0.39, 0.29) is 6.29 Å². The molecule has 3 nitrogen and oxygen atoms in total. The van der Waals surface area contributed by atoms with Crippen molar-refractivity contribution in [1.29, 1.82) is 0 Å². The highest BCUT2D eigenvalue weighted by Gasteiger charge is 2.19. The lowest BCUT2D eigenvalue weighted by molar-refractivity contribution is -0.177. The van der Waals surface area contributed by atoms with Crippen LogP contribution in [0.15, 0.2) is 0 Å². The number of hydrogen-bond acceptors (Lipinski definition) is 3. The molecule has 1 heterocycles. The first kappa shape index (κ1) is 9.96. The maximum Gasteiger partial charge on any atom is 0.157 e. The minimum absolute atomic E-state index is 0.00361. The second kappa shape index (κ2) is 5.51. The summed E-state index contributed by atoms with van der Waals surface area (Å²) >= 11 is 0. The zero-order chi connectivity index (χ0) is 8.81. The van der Waals surface area contributed by atoms with Crippen LogP contribution in [0.5, 0.6) is 0 Å². The Morgan fingerprint density at radius 1 is 1.42 bits per heavy atom. The van der Waals surface area contributed by atoms with E-state index in [1.54, 1.807) is 7.11 Å². The summed E-state index contributed by atoms with van der Waals surface area (Å²) in [5.41, 5.74) is 0. The second-order valence-electron chi connectivity index (χ2n) is 3.29. The lowest BCUT2D eigenvalue weighted by Crippen LogP contribution is -2.27. The maximum atomic E-state index is 5.45. The SMILES string of the molecule is COCCOC1CC(C)CCO1. The molecule has 72 valence electrons. The van der Waals surface area contributed by atoms with Crippen molar-refractivity contribution >= 4 is 0 Å². The van der Waals surface area contributed by atoms with Gasteiger partial charge in [0.05, 0.1) is 13.2 Å². The van der Waals surface area contributed by atoms with Gasteiger partial charge in [0.2, 0.25) is 0 Å². The first-order chi connectivity index (χ1) is 5.83. The number of methoxy groups -OCH3 is 1. The molecule has 1 aliphatic heterocycles. The van der Waals surface area contributed by atoms with Crippen molar-refractivity contribution in [3.8, 4) is 0 Å². The fourth-order valence-electron chi connectivity index (χ4n) is 1.29. The minimum Gasteiger partial charge on any atom is -0.382 e. The van der Waals surface area contributed by atoms with E-state index in [1.807, 2.05) is 0 Å². The molecular weight excluding hydrogens is 156 g/mol. The van der Waals surface area contributed by atoms with Crippen molar-refractivity contribution in [2.75, 3.05) is 26.9 Å². The van der Waals surface area contributed by atoms with Gasteiger partial charge in [-0.05, 0) is 12.3 Å². The lowest BCUT2D eigenvalue weighted by Gasteiger charge is -2.26. The van der Waals surface area contributed by atoms with Crippen molar-refractivity contribution in [2.45, 2.75) is 26.1 Å². The fourth-order valence-corrected chi connectivity index (χ4v) is 1.29. The Kier molecular flexibility index (Phi) is 4.58. The Morgan fingerprint density at radius 3 is 2.92 bits per heavy atom. The molecule has 1 aliphatic rings. The molecule has 0 N–H and O–H groups in total. The summed E-state index contributed by atoms with van der Waals surface area (Å²) in [5.74, 6) is 0.728. The number of hydrogen-bond donors (Lipinski definition) is 0. The van der Waals surface area contributed by atoms with E-state index in [2.05, 4.69) is 6.92 Å². The van der Waals surface area contributed by atoms with Crippen LogP contribution in [0.2, 0.25) is 0 Å². The molecule has 0 aromatic carbocycles. The van der Waals surface area contributed by atoms with Crippen LogP contribution in [0, 0.1) is 5.92 Å². The average Bonchev–Trinajstić information content (AvgIpc) is 2.05. The Hall–Kier alpha value is -0.120. The molecule has 0 aliphatic carbocycles. The van der Waals surface area contributed by atoms with E-state index in [0.29, 0.717) is 13.2 Å². The number of rotatable bonds is 4. The van der Waals surface area contributed by atoms with Crippen LogP contribution in [0.3, 0.4) is 0 Å². The van der Waals surface area contributed by atoms with E-state index in [0.717, 1.165) is 25.4 Å². The zero-order valence-corrected chi connectivity index (χ0v) is 7.91. The van der Waals surface area contributed by atoms with Crippen molar-refractivity contribution in [1.82, 2.24) is 0 Å². The molecule has 3 heteroatoms. The molecule has 1 rings (SSSR count). The van der Waals surface area contributed by atoms with Crippen molar-refractivity contribution in [2.24, 2.45) is 5.92 Å².